The second kappa shape index (κ2) is 11.3. The molecule has 0 amide bonds. The SMILES string of the molecule is CCNC(=NCc1ncc(C(C)(C)C)o1)NCC(c1ccc(OC)cc1)N1CCOCC1. The predicted octanol–water partition coefficient (Wildman–Crippen LogP) is 3.11. The van der Waals surface area contributed by atoms with Gasteiger partial charge in [-0.15, -0.1) is 0 Å². The maximum absolute atomic E-state index is 5.88. The van der Waals surface area contributed by atoms with Crippen molar-refractivity contribution in [2.45, 2.75) is 45.7 Å². The van der Waals surface area contributed by atoms with Crippen LogP contribution < -0.4 is 15.4 Å². The van der Waals surface area contributed by atoms with Crippen molar-refractivity contribution in [3.8, 4) is 5.75 Å². The molecule has 1 fully saturated rings. The van der Waals surface area contributed by atoms with Crippen LogP contribution in [0.4, 0.5) is 0 Å². The van der Waals surface area contributed by atoms with Crippen molar-refractivity contribution in [2.75, 3.05) is 46.5 Å². The number of aliphatic imine (C=N–C) groups is 1. The summed E-state index contributed by atoms with van der Waals surface area (Å²) in [4.78, 5) is 11.5. The number of nitrogens with one attached hydrogen (secondary N) is 2. The van der Waals surface area contributed by atoms with E-state index in [1.54, 1.807) is 13.3 Å². The molecule has 8 nitrogen and oxygen atoms in total. The highest BCUT2D eigenvalue weighted by Gasteiger charge is 2.23. The molecule has 2 N–H and O–H groups in total. The molecule has 2 heterocycles. The molecule has 1 unspecified atom stereocenters. The first-order valence-corrected chi connectivity index (χ1v) is 11.3. The fourth-order valence-corrected chi connectivity index (χ4v) is 3.58. The van der Waals surface area contributed by atoms with Crippen LogP contribution in [0, 0.1) is 0 Å². The number of oxazole rings is 1. The fourth-order valence-electron chi connectivity index (χ4n) is 3.58. The Morgan fingerprint density at radius 2 is 1.91 bits per heavy atom. The molecule has 0 spiro atoms. The molecule has 0 saturated carbocycles. The average molecular weight is 444 g/mol. The van der Waals surface area contributed by atoms with E-state index < -0.39 is 0 Å². The molecule has 0 aliphatic carbocycles. The summed E-state index contributed by atoms with van der Waals surface area (Å²) in [6.07, 6.45) is 1.79. The molecule has 1 aliphatic heterocycles. The van der Waals surface area contributed by atoms with Gasteiger partial charge in [0.2, 0.25) is 5.89 Å². The molecule has 3 rings (SSSR count). The summed E-state index contributed by atoms with van der Waals surface area (Å²) in [7, 11) is 1.69. The van der Waals surface area contributed by atoms with E-state index >= 15 is 0 Å². The van der Waals surface area contributed by atoms with Crippen LogP contribution in [-0.4, -0.2) is 62.3 Å². The van der Waals surface area contributed by atoms with E-state index in [4.69, 9.17) is 18.9 Å². The summed E-state index contributed by atoms with van der Waals surface area (Å²) in [6.45, 7) is 13.6. The largest absolute Gasteiger partial charge is 0.497 e. The van der Waals surface area contributed by atoms with Gasteiger partial charge in [0.1, 0.15) is 18.1 Å². The van der Waals surface area contributed by atoms with E-state index in [1.165, 1.54) is 5.56 Å². The molecular formula is C24H37N5O3. The number of hydrogen-bond acceptors (Lipinski definition) is 6. The molecule has 32 heavy (non-hydrogen) atoms. The molecule has 0 bridgehead atoms. The summed E-state index contributed by atoms with van der Waals surface area (Å²) < 4.78 is 16.8. The number of morpholine rings is 1. The highest BCUT2D eigenvalue weighted by Crippen LogP contribution is 2.24. The molecule has 176 valence electrons. The first-order chi connectivity index (χ1) is 15.4. The van der Waals surface area contributed by atoms with Crippen molar-refractivity contribution in [2.24, 2.45) is 4.99 Å². The van der Waals surface area contributed by atoms with Crippen LogP contribution in [0.3, 0.4) is 0 Å². The number of rotatable bonds is 8. The fraction of sp³-hybridized carbons (Fsp3) is 0.583. The van der Waals surface area contributed by atoms with Crippen LogP contribution in [-0.2, 0) is 16.7 Å². The molecule has 2 aromatic rings. The summed E-state index contributed by atoms with van der Waals surface area (Å²) in [6, 6.07) is 8.48. The van der Waals surface area contributed by atoms with Crippen LogP contribution in [0.15, 0.2) is 39.9 Å². The molecule has 1 saturated heterocycles. The van der Waals surface area contributed by atoms with Gasteiger partial charge >= 0.3 is 0 Å². The Kier molecular flexibility index (Phi) is 8.53. The number of ether oxygens (including phenoxy) is 2. The van der Waals surface area contributed by atoms with Gasteiger partial charge in [0.15, 0.2) is 5.96 Å². The number of aromatic nitrogens is 1. The average Bonchev–Trinajstić information content (AvgIpc) is 3.28. The zero-order valence-corrected chi connectivity index (χ0v) is 20.0. The quantitative estimate of drug-likeness (QED) is 0.479. The lowest BCUT2D eigenvalue weighted by molar-refractivity contribution is 0.0170. The van der Waals surface area contributed by atoms with Crippen LogP contribution in [0.2, 0.25) is 0 Å². The number of hydrogen-bond donors (Lipinski definition) is 2. The Bertz CT molecular complexity index is 851. The number of methoxy groups -OCH3 is 1. The maximum Gasteiger partial charge on any atom is 0.216 e. The second-order valence-electron chi connectivity index (χ2n) is 8.88. The van der Waals surface area contributed by atoms with Crippen molar-refractivity contribution in [1.82, 2.24) is 20.5 Å². The first-order valence-electron chi connectivity index (χ1n) is 11.3. The van der Waals surface area contributed by atoms with Crippen molar-refractivity contribution >= 4 is 5.96 Å². The summed E-state index contributed by atoms with van der Waals surface area (Å²) >= 11 is 0. The molecule has 0 radical (unpaired) electrons. The minimum atomic E-state index is -0.0680. The van der Waals surface area contributed by atoms with Gasteiger partial charge in [0.05, 0.1) is 32.6 Å². The highest BCUT2D eigenvalue weighted by molar-refractivity contribution is 5.79. The van der Waals surface area contributed by atoms with Gasteiger partial charge in [0, 0.05) is 31.6 Å². The minimum Gasteiger partial charge on any atom is -0.497 e. The van der Waals surface area contributed by atoms with Crippen LogP contribution >= 0.6 is 0 Å². The van der Waals surface area contributed by atoms with Crippen molar-refractivity contribution < 1.29 is 13.9 Å². The monoisotopic (exact) mass is 443 g/mol. The topological polar surface area (TPSA) is 84.2 Å². The van der Waals surface area contributed by atoms with Crippen molar-refractivity contribution in [3.63, 3.8) is 0 Å². The summed E-state index contributed by atoms with van der Waals surface area (Å²) in [5.41, 5.74) is 1.17. The minimum absolute atomic E-state index is 0.0680. The molecule has 1 aliphatic rings. The summed E-state index contributed by atoms with van der Waals surface area (Å²) in [5, 5.41) is 6.83. The normalized spacial score (nSPS) is 16.6. The van der Waals surface area contributed by atoms with Gasteiger partial charge < -0.3 is 24.5 Å². The molecular weight excluding hydrogens is 406 g/mol. The summed E-state index contributed by atoms with van der Waals surface area (Å²) in [5.74, 6) is 3.09. The second-order valence-corrected chi connectivity index (χ2v) is 8.88. The standard InChI is InChI=1S/C24H37N5O3/c1-6-25-23(28-17-22-26-16-21(32-22)24(2,3)4)27-15-20(29-11-13-31-14-12-29)18-7-9-19(30-5)10-8-18/h7-10,16,20H,6,11-15,17H2,1-5H3,(H2,25,27,28). The van der Waals surface area contributed by atoms with Gasteiger partial charge in [-0.25, -0.2) is 9.98 Å². The molecule has 8 heteroatoms. The predicted molar refractivity (Wildman–Crippen MR) is 126 cm³/mol. The van der Waals surface area contributed by atoms with E-state index in [9.17, 15) is 0 Å². The molecule has 1 aromatic heterocycles. The van der Waals surface area contributed by atoms with Crippen LogP contribution in [0.1, 0.15) is 51.0 Å². The van der Waals surface area contributed by atoms with Crippen LogP contribution in [0.5, 0.6) is 5.75 Å². The number of benzene rings is 1. The number of nitrogens with zero attached hydrogens (tertiary/aromatic N) is 3. The Morgan fingerprint density at radius 3 is 2.50 bits per heavy atom. The van der Waals surface area contributed by atoms with Crippen molar-refractivity contribution in [3.05, 3.63) is 47.7 Å². The van der Waals surface area contributed by atoms with E-state index in [0.29, 0.717) is 12.4 Å². The maximum atomic E-state index is 5.88. The highest BCUT2D eigenvalue weighted by atomic mass is 16.5. The lowest BCUT2D eigenvalue weighted by atomic mass is 9.94. The lowest BCUT2D eigenvalue weighted by Gasteiger charge is -2.35. The van der Waals surface area contributed by atoms with Gasteiger partial charge in [-0.1, -0.05) is 32.9 Å². The van der Waals surface area contributed by atoms with E-state index in [2.05, 4.69) is 60.3 Å². The Balaban J connectivity index is 1.70. The zero-order chi connectivity index (χ0) is 23.0. The molecule has 1 aromatic carbocycles. The van der Waals surface area contributed by atoms with E-state index in [0.717, 1.165) is 56.9 Å². The third kappa shape index (κ3) is 6.71. The first kappa shape index (κ1) is 24.1. The van der Waals surface area contributed by atoms with Gasteiger partial charge in [-0.2, -0.15) is 0 Å². The van der Waals surface area contributed by atoms with Crippen LogP contribution in [0.25, 0.3) is 0 Å². The Labute approximate surface area is 191 Å². The van der Waals surface area contributed by atoms with E-state index in [-0.39, 0.29) is 11.5 Å². The van der Waals surface area contributed by atoms with E-state index in [1.807, 2.05) is 12.1 Å². The smallest absolute Gasteiger partial charge is 0.216 e. The Morgan fingerprint density at radius 1 is 1.19 bits per heavy atom. The molecule has 1 atom stereocenters. The zero-order valence-electron chi connectivity index (χ0n) is 20.0. The van der Waals surface area contributed by atoms with Crippen molar-refractivity contribution in [1.29, 1.82) is 0 Å². The lowest BCUT2D eigenvalue weighted by Crippen LogP contribution is -2.46. The third-order valence-electron chi connectivity index (χ3n) is 5.46. The van der Waals surface area contributed by atoms with Gasteiger partial charge in [0.25, 0.3) is 0 Å². The van der Waals surface area contributed by atoms with Gasteiger partial charge in [-0.05, 0) is 24.6 Å². The Hall–Kier alpha value is -2.58. The third-order valence-corrected chi connectivity index (χ3v) is 5.46. The van der Waals surface area contributed by atoms with Gasteiger partial charge in [-0.3, -0.25) is 4.90 Å². The number of guanidine groups is 1.